The number of rotatable bonds is 2. The third-order valence-corrected chi connectivity index (χ3v) is 2.74. The summed E-state index contributed by atoms with van der Waals surface area (Å²) < 4.78 is 0. The van der Waals surface area contributed by atoms with Gasteiger partial charge in [-0.15, -0.1) is 11.8 Å². The van der Waals surface area contributed by atoms with Crippen LogP contribution in [0, 0.1) is 6.92 Å². The van der Waals surface area contributed by atoms with Crippen molar-refractivity contribution >= 4 is 17.4 Å². The molecule has 0 saturated carbocycles. The quantitative estimate of drug-likeness (QED) is 0.431. The smallest absolute Gasteiger partial charge is 0.0554 e. The van der Waals surface area contributed by atoms with E-state index in [0.29, 0.717) is 0 Å². The summed E-state index contributed by atoms with van der Waals surface area (Å²) >= 11 is 1.74. The SMILES string of the molecule is CSc1cccc(N(C)N)c1C. The minimum absolute atomic E-state index is 1.09. The van der Waals surface area contributed by atoms with Crippen molar-refractivity contribution in [3.63, 3.8) is 0 Å². The molecule has 0 aliphatic rings. The third-order valence-electron chi connectivity index (χ3n) is 1.86. The average Bonchev–Trinajstić information content (AvgIpc) is 2.04. The van der Waals surface area contributed by atoms with Gasteiger partial charge in [0.15, 0.2) is 0 Å². The molecule has 0 saturated heterocycles. The Morgan fingerprint density at radius 2 is 2.08 bits per heavy atom. The van der Waals surface area contributed by atoms with E-state index in [2.05, 4.69) is 19.2 Å². The number of anilines is 1. The van der Waals surface area contributed by atoms with Crippen molar-refractivity contribution in [3.05, 3.63) is 23.8 Å². The van der Waals surface area contributed by atoms with Gasteiger partial charge >= 0.3 is 0 Å². The number of hydrogen-bond donors (Lipinski definition) is 1. The lowest BCUT2D eigenvalue weighted by Crippen LogP contribution is -2.25. The van der Waals surface area contributed by atoms with Crippen LogP contribution in [0.4, 0.5) is 5.69 Å². The lowest BCUT2D eigenvalue weighted by molar-refractivity contribution is 0.999. The molecule has 1 rings (SSSR count). The van der Waals surface area contributed by atoms with Gasteiger partial charge in [0.1, 0.15) is 0 Å². The summed E-state index contributed by atoms with van der Waals surface area (Å²) in [6.45, 7) is 2.09. The number of hydrogen-bond acceptors (Lipinski definition) is 3. The van der Waals surface area contributed by atoms with E-state index in [9.17, 15) is 0 Å². The lowest BCUT2D eigenvalue weighted by Gasteiger charge is -2.16. The summed E-state index contributed by atoms with van der Waals surface area (Å²) in [6.07, 6.45) is 2.07. The van der Waals surface area contributed by atoms with Crippen molar-refractivity contribution in [2.45, 2.75) is 11.8 Å². The van der Waals surface area contributed by atoms with Gasteiger partial charge in [0.2, 0.25) is 0 Å². The van der Waals surface area contributed by atoms with E-state index >= 15 is 0 Å². The molecule has 0 heterocycles. The van der Waals surface area contributed by atoms with E-state index in [-0.39, 0.29) is 0 Å². The van der Waals surface area contributed by atoms with Gasteiger partial charge in [0.25, 0.3) is 0 Å². The van der Waals surface area contributed by atoms with Gasteiger partial charge < -0.3 is 5.01 Å². The lowest BCUT2D eigenvalue weighted by atomic mass is 10.2. The van der Waals surface area contributed by atoms with Crippen molar-refractivity contribution in [2.24, 2.45) is 5.84 Å². The Labute approximate surface area is 77.7 Å². The summed E-state index contributed by atoms with van der Waals surface area (Å²) in [5, 5.41) is 1.65. The summed E-state index contributed by atoms with van der Waals surface area (Å²) in [5.74, 6) is 5.66. The topological polar surface area (TPSA) is 29.3 Å². The molecule has 0 amide bonds. The minimum Gasteiger partial charge on any atom is -0.314 e. The molecule has 1 aromatic rings. The second-order valence-electron chi connectivity index (χ2n) is 2.72. The number of benzene rings is 1. The van der Waals surface area contributed by atoms with E-state index in [1.54, 1.807) is 16.8 Å². The maximum Gasteiger partial charge on any atom is 0.0554 e. The molecule has 66 valence electrons. The highest BCUT2D eigenvalue weighted by Crippen LogP contribution is 2.26. The van der Waals surface area contributed by atoms with E-state index in [4.69, 9.17) is 5.84 Å². The van der Waals surface area contributed by atoms with Gasteiger partial charge in [0, 0.05) is 11.9 Å². The Kier molecular flexibility index (Phi) is 3.00. The van der Waals surface area contributed by atoms with Crippen molar-refractivity contribution in [3.8, 4) is 0 Å². The first-order chi connectivity index (χ1) is 5.66. The Morgan fingerprint density at radius 3 is 2.58 bits per heavy atom. The highest BCUT2D eigenvalue weighted by molar-refractivity contribution is 7.98. The normalized spacial score (nSPS) is 10.0. The fourth-order valence-electron chi connectivity index (χ4n) is 1.21. The van der Waals surface area contributed by atoms with Gasteiger partial charge in [-0.25, -0.2) is 5.84 Å². The molecular weight excluding hydrogens is 168 g/mol. The number of nitrogens with two attached hydrogens (primary N) is 1. The van der Waals surface area contributed by atoms with Crippen molar-refractivity contribution in [1.29, 1.82) is 0 Å². The van der Waals surface area contributed by atoms with Crippen LogP contribution in [-0.2, 0) is 0 Å². The first-order valence-corrected chi connectivity index (χ1v) is 5.01. The molecule has 0 unspecified atom stereocenters. The number of hydrazine groups is 1. The van der Waals surface area contributed by atoms with Gasteiger partial charge in [-0.3, -0.25) is 0 Å². The largest absolute Gasteiger partial charge is 0.314 e. The Morgan fingerprint density at radius 1 is 1.42 bits per heavy atom. The zero-order valence-corrected chi connectivity index (χ0v) is 8.48. The molecule has 1 aromatic carbocycles. The molecule has 2 N–H and O–H groups in total. The fraction of sp³-hybridized carbons (Fsp3) is 0.333. The molecule has 12 heavy (non-hydrogen) atoms. The Bertz CT molecular complexity index is 271. The van der Waals surface area contributed by atoms with Crippen LogP contribution >= 0.6 is 11.8 Å². The molecule has 0 atom stereocenters. The van der Waals surface area contributed by atoms with Crippen LogP contribution in [0.3, 0.4) is 0 Å². The summed E-state index contributed by atoms with van der Waals surface area (Å²) in [4.78, 5) is 1.28. The maximum atomic E-state index is 5.66. The summed E-state index contributed by atoms with van der Waals surface area (Å²) in [7, 11) is 1.85. The standard InChI is InChI=1S/C9H14N2S/c1-7-8(11(2)10)5-4-6-9(7)12-3/h4-6H,10H2,1-3H3. The zero-order chi connectivity index (χ0) is 9.14. The molecule has 0 fully saturated rings. The van der Waals surface area contributed by atoms with Crippen LogP contribution in [0.2, 0.25) is 0 Å². The maximum absolute atomic E-state index is 5.66. The molecular formula is C9H14N2S. The van der Waals surface area contributed by atoms with Gasteiger partial charge in [-0.2, -0.15) is 0 Å². The van der Waals surface area contributed by atoms with Gasteiger partial charge in [0.05, 0.1) is 5.69 Å². The molecule has 0 aromatic heterocycles. The van der Waals surface area contributed by atoms with Crippen molar-refractivity contribution < 1.29 is 0 Å². The van der Waals surface area contributed by atoms with Crippen LogP contribution in [0.25, 0.3) is 0 Å². The molecule has 0 spiro atoms. The first-order valence-electron chi connectivity index (χ1n) is 3.79. The third kappa shape index (κ3) is 1.73. The van der Waals surface area contributed by atoms with Crippen molar-refractivity contribution in [2.75, 3.05) is 18.3 Å². The summed E-state index contributed by atoms with van der Waals surface area (Å²) in [5.41, 5.74) is 2.33. The molecule has 0 aliphatic carbocycles. The predicted octanol–water partition coefficient (Wildman–Crippen LogP) is 2.03. The highest BCUT2D eigenvalue weighted by atomic mass is 32.2. The van der Waals surface area contributed by atoms with Gasteiger partial charge in [-0.1, -0.05) is 6.07 Å². The molecule has 3 heteroatoms. The van der Waals surface area contributed by atoms with Crippen LogP contribution in [0.15, 0.2) is 23.1 Å². The van der Waals surface area contributed by atoms with Crippen molar-refractivity contribution in [1.82, 2.24) is 0 Å². The van der Waals surface area contributed by atoms with E-state index < -0.39 is 0 Å². The summed E-state index contributed by atoms with van der Waals surface area (Å²) in [6, 6.07) is 6.15. The number of nitrogens with zero attached hydrogens (tertiary/aromatic N) is 1. The van der Waals surface area contributed by atoms with E-state index in [1.807, 2.05) is 19.2 Å². The molecule has 0 aliphatic heterocycles. The fourth-order valence-corrected chi connectivity index (χ4v) is 1.83. The zero-order valence-electron chi connectivity index (χ0n) is 7.66. The Balaban J connectivity index is 3.14. The minimum atomic E-state index is 1.09. The van der Waals surface area contributed by atoms with Crippen LogP contribution in [-0.4, -0.2) is 13.3 Å². The predicted molar refractivity (Wildman–Crippen MR) is 55.6 cm³/mol. The molecule has 0 radical (unpaired) electrons. The monoisotopic (exact) mass is 182 g/mol. The molecule has 0 bridgehead atoms. The number of thioether (sulfide) groups is 1. The first kappa shape index (κ1) is 9.42. The van der Waals surface area contributed by atoms with E-state index in [1.165, 1.54) is 10.5 Å². The van der Waals surface area contributed by atoms with Crippen LogP contribution in [0.5, 0.6) is 0 Å². The second-order valence-corrected chi connectivity index (χ2v) is 3.56. The highest BCUT2D eigenvalue weighted by Gasteiger charge is 2.03. The average molecular weight is 182 g/mol. The van der Waals surface area contributed by atoms with Gasteiger partial charge in [-0.05, 0) is 30.9 Å². The van der Waals surface area contributed by atoms with Crippen LogP contribution in [0.1, 0.15) is 5.56 Å². The van der Waals surface area contributed by atoms with Crippen LogP contribution < -0.4 is 10.9 Å². The molecule has 2 nitrogen and oxygen atoms in total. The second kappa shape index (κ2) is 3.83. The Hall–Kier alpha value is -0.670. The van der Waals surface area contributed by atoms with E-state index in [0.717, 1.165) is 5.69 Å².